The van der Waals surface area contributed by atoms with Gasteiger partial charge in [0, 0.05) is 17.6 Å². The van der Waals surface area contributed by atoms with E-state index in [0.29, 0.717) is 0 Å². The summed E-state index contributed by atoms with van der Waals surface area (Å²) in [6, 6.07) is 6.26. The van der Waals surface area contributed by atoms with E-state index in [2.05, 4.69) is 59.2 Å². The molecule has 0 saturated heterocycles. The Morgan fingerprint density at radius 3 is 2.83 bits per heavy atom. The smallest absolute Gasteiger partial charge is 0.198 e. The first kappa shape index (κ1) is 12.5. The molecular formula is C13H15Br2N3. The summed E-state index contributed by atoms with van der Waals surface area (Å²) in [5.74, 6) is 1.83. The van der Waals surface area contributed by atoms with E-state index in [9.17, 15) is 0 Å². The van der Waals surface area contributed by atoms with E-state index in [0.717, 1.165) is 40.5 Å². The van der Waals surface area contributed by atoms with Crippen LogP contribution in [0, 0.1) is 5.92 Å². The van der Waals surface area contributed by atoms with E-state index < -0.39 is 0 Å². The number of anilines is 1. The molecule has 3 nitrogen and oxygen atoms in total. The van der Waals surface area contributed by atoms with Gasteiger partial charge in [0.1, 0.15) is 0 Å². The van der Waals surface area contributed by atoms with E-state index in [4.69, 9.17) is 0 Å². The monoisotopic (exact) mass is 371 g/mol. The fourth-order valence-electron chi connectivity index (χ4n) is 2.12. The summed E-state index contributed by atoms with van der Waals surface area (Å²) in [6.45, 7) is 2.88. The third kappa shape index (κ3) is 2.57. The molecule has 1 aromatic carbocycles. The summed E-state index contributed by atoms with van der Waals surface area (Å²) >= 11 is 7.24. The zero-order chi connectivity index (χ0) is 12.5. The highest BCUT2D eigenvalue weighted by Gasteiger charge is 2.28. The van der Waals surface area contributed by atoms with Crippen molar-refractivity contribution in [2.24, 2.45) is 10.9 Å². The molecule has 0 atom stereocenters. The predicted molar refractivity (Wildman–Crippen MR) is 82.2 cm³/mol. The first-order valence-electron chi connectivity index (χ1n) is 6.25. The molecule has 0 radical (unpaired) electrons. The number of aliphatic imine (C=N–C) groups is 1. The Balaban J connectivity index is 1.93. The minimum absolute atomic E-state index is 0.820. The molecule has 3 rings (SSSR count). The number of guanidine groups is 1. The molecule has 1 fully saturated rings. The molecule has 1 aliphatic carbocycles. The molecule has 18 heavy (non-hydrogen) atoms. The molecular weight excluding hydrogens is 358 g/mol. The minimum atomic E-state index is 0.820. The van der Waals surface area contributed by atoms with E-state index in [1.165, 1.54) is 18.5 Å². The van der Waals surface area contributed by atoms with Crippen LogP contribution in [0.1, 0.15) is 12.8 Å². The van der Waals surface area contributed by atoms with Gasteiger partial charge < -0.3 is 10.2 Å². The predicted octanol–water partition coefficient (Wildman–Crippen LogP) is 3.39. The lowest BCUT2D eigenvalue weighted by atomic mass is 10.2. The second kappa shape index (κ2) is 5.21. The van der Waals surface area contributed by atoms with Gasteiger partial charge in [-0.3, -0.25) is 4.99 Å². The molecule has 0 aromatic heterocycles. The zero-order valence-electron chi connectivity index (χ0n) is 10.00. The molecule has 96 valence electrons. The summed E-state index contributed by atoms with van der Waals surface area (Å²) in [6.07, 6.45) is 2.69. The second-order valence-electron chi connectivity index (χ2n) is 4.76. The van der Waals surface area contributed by atoms with E-state index >= 15 is 0 Å². The van der Waals surface area contributed by atoms with Crippen molar-refractivity contribution >= 4 is 43.5 Å². The number of hydrogen-bond acceptors (Lipinski definition) is 3. The number of benzene rings is 1. The summed E-state index contributed by atoms with van der Waals surface area (Å²) in [7, 11) is 0. The summed E-state index contributed by atoms with van der Waals surface area (Å²) in [5, 5.41) is 3.37. The van der Waals surface area contributed by atoms with Crippen molar-refractivity contribution in [3.05, 3.63) is 27.1 Å². The minimum Gasteiger partial charge on any atom is -0.354 e. The van der Waals surface area contributed by atoms with E-state index in [-0.39, 0.29) is 0 Å². The zero-order valence-corrected chi connectivity index (χ0v) is 13.2. The van der Waals surface area contributed by atoms with Gasteiger partial charge in [0.15, 0.2) is 5.96 Å². The third-order valence-electron chi connectivity index (χ3n) is 3.27. The first-order chi connectivity index (χ1) is 8.75. The molecule has 5 heteroatoms. The van der Waals surface area contributed by atoms with Crippen LogP contribution in [-0.4, -0.2) is 25.6 Å². The molecule has 0 bridgehead atoms. The van der Waals surface area contributed by atoms with Crippen LogP contribution >= 0.6 is 31.9 Å². The molecule has 0 amide bonds. The van der Waals surface area contributed by atoms with Crippen LogP contribution in [0.4, 0.5) is 5.69 Å². The second-order valence-corrected chi connectivity index (χ2v) is 6.41. The summed E-state index contributed by atoms with van der Waals surface area (Å²) < 4.78 is 2.18. The highest BCUT2D eigenvalue weighted by Crippen LogP contribution is 2.37. The molecule has 0 unspecified atom stereocenters. The lowest BCUT2D eigenvalue weighted by Gasteiger charge is -2.26. The van der Waals surface area contributed by atoms with Gasteiger partial charge in [-0.25, -0.2) is 0 Å². The van der Waals surface area contributed by atoms with Crippen molar-refractivity contribution in [2.75, 3.05) is 24.5 Å². The van der Waals surface area contributed by atoms with Gasteiger partial charge in [-0.15, -0.1) is 0 Å². The average molecular weight is 373 g/mol. The number of halogens is 2. The van der Waals surface area contributed by atoms with Crippen molar-refractivity contribution < 1.29 is 0 Å². The largest absolute Gasteiger partial charge is 0.354 e. The van der Waals surface area contributed by atoms with Crippen molar-refractivity contribution in [3.63, 3.8) is 0 Å². The van der Waals surface area contributed by atoms with Gasteiger partial charge in [0.25, 0.3) is 0 Å². The molecule has 0 spiro atoms. The van der Waals surface area contributed by atoms with Crippen LogP contribution in [-0.2, 0) is 0 Å². The van der Waals surface area contributed by atoms with Crippen LogP contribution in [0.3, 0.4) is 0 Å². The number of nitrogens with zero attached hydrogens (tertiary/aromatic N) is 2. The highest BCUT2D eigenvalue weighted by molar-refractivity contribution is 9.13. The maximum atomic E-state index is 4.56. The average Bonchev–Trinajstić information content (AvgIpc) is 3.02. The van der Waals surface area contributed by atoms with Crippen molar-refractivity contribution in [1.82, 2.24) is 5.32 Å². The van der Waals surface area contributed by atoms with Gasteiger partial charge in [-0.2, -0.15) is 0 Å². The molecule has 1 heterocycles. The van der Waals surface area contributed by atoms with E-state index in [1.807, 2.05) is 6.07 Å². The first-order valence-corrected chi connectivity index (χ1v) is 7.84. The molecule has 2 aliphatic rings. The number of rotatable bonds is 3. The Kier molecular flexibility index (Phi) is 3.61. The normalized spacial score (nSPS) is 18.4. The molecule has 1 N–H and O–H groups in total. The Morgan fingerprint density at radius 1 is 1.33 bits per heavy atom. The lowest BCUT2D eigenvalue weighted by Crippen LogP contribution is -2.40. The standard InChI is InChI=1S/C13H15Br2N3/c14-10-2-1-3-11(12(10)15)18(8-9-4-5-9)13-16-6-7-17-13/h1-3,9H,4-8H2,(H,16,17). The Bertz CT molecular complexity index is 483. The lowest BCUT2D eigenvalue weighted by molar-refractivity contribution is 0.812. The van der Waals surface area contributed by atoms with Crippen molar-refractivity contribution in [3.8, 4) is 0 Å². The quantitative estimate of drug-likeness (QED) is 0.880. The van der Waals surface area contributed by atoms with Crippen molar-refractivity contribution in [2.45, 2.75) is 12.8 Å². The van der Waals surface area contributed by atoms with Gasteiger partial charge in [-0.1, -0.05) is 6.07 Å². The summed E-state index contributed by atoms with van der Waals surface area (Å²) in [4.78, 5) is 6.86. The Hall–Kier alpha value is -0.550. The maximum absolute atomic E-state index is 4.56. The Morgan fingerprint density at radius 2 is 2.17 bits per heavy atom. The fourth-order valence-corrected chi connectivity index (χ4v) is 2.96. The van der Waals surface area contributed by atoms with E-state index in [1.54, 1.807) is 0 Å². The van der Waals surface area contributed by atoms with Gasteiger partial charge in [0.05, 0.1) is 16.7 Å². The topological polar surface area (TPSA) is 27.6 Å². The highest BCUT2D eigenvalue weighted by atomic mass is 79.9. The van der Waals surface area contributed by atoms with Crippen LogP contribution in [0.25, 0.3) is 0 Å². The third-order valence-corrected chi connectivity index (χ3v) is 5.30. The van der Waals surface area contributed by atoms with Crippen molar-refractivity contribution in [1.29, 1.82) is 0 Å². The number of nitrogens with one attached hydrogen (secondary N) is 1. The number of hydrogen-bond donors (Lipinski definition) is 1. The molecule has 1 saturated carbocycles. The molecule has 1 aromatic rings. The SMILES string of the molecule is Brc1cccc(N(CC2CC2)C2=NCCN2)c1Br. The maximum Gasteiger partial charge on any atom is 0.198 e. The van der Waals surface area contributed by atoms with Crippen LogP contribution in [0.2, 0.25) is 0 Å². The van der Waals surface area contributed by atoms with Crippen LogP contribution in [0.15, 0.2) is 32.1 Å². The van der Waals surface area contributed by atoms with Gasteiger partial charge in [-0.05, 0) is 62.8 Å². The fraction of sp³-hybridized carbons (Fsp3) is 0.462. The summed E-state index contributed by atoms with van der Waals surface area (Å²) in [5.41, 5.74) is 1.18. The molecule has 1 aliphatic heterocycles. The van der Waals surface area contributed by atoms with Crippen LogP contribution in [0.5, 0.6) is 0 Å². The van der Waals surface area contributed by atoms with Gasteiger partial charge >= 0.3 is 0 Å². The Labute approximate surface area is 124 Å². The van der Waals surface area contributed by atoms with Crippen LogP contribution < -0.4 is 10.2 Å². The van der Waals surface area contributed by atoms with Gasteiger partial charge in [0.2, 0.25) is 0 Å².